The fraction of sp³-hybridized carbons (Fsp3) is 0.357. The van der Waals surface area contributed by atoms with E-state index in [9.17, 15) is 9.90 Å². The average molecular weight is 304 g/mol. The van der Waals surface area contributed by atoms with Gasteiger partial charge in [0, 0.05) is 35.3 Å². The van der Waals surface area contributed by atoms with Crippen molar-refractivity contribution < 1.29 is 9.90 Å². The van der Waals surface area contributed by atoms with Crippen LogP contribution in [0.25, 0.3) is 11.3 Å². The van der Waals surface area contributed by atoms with Gasteiger partial charge < -0.3 is 10.4 Å². The van der Waals surface area contributed by atoms with Crippen molar-refractivity contribution in [3.8, 4) is 11.3 Å². The summed E-state index contributed by atoms with van der Waals surface area (Å²) in [6.45, 7) is 0.617. The molecule has 0 aliphatic heterocycles. The van der Waals surface area contributed by atoms with E-state index in [-0.39, 0.29) is 18.1 Å². The van der Waals surface area contributed by atoms with Crippen LogP contribution in [-0.2, 0) is 0 Å². The quantitative estimate of drug-likeness (QED) is 0.789. The van der Waals surface area contributed by atoms with Crippen LogP contribution in [0.15, 0.2) is 29.9 Å². The molecule has 0 radical (unpaired) electrons. The Morgan fingerprint density at radius 1 is 1.48 bits per heavy atom. The molecule has 1 aliphatic carbocycles. The Labute approximate surface area is 126 Å². The maximum atomic E-state index is 11.8. The number of nitrogens with one attached hydrogen (secondary N) is 2. The number of aromatic nitrogens is 2. The van der Waals surface area contributed by atoms with Crippen molar-refractivity contribution in [1.82, 2.24) is 15.3 Å². The number of pyridine rings is 1. The Kier molecular flexibility index (Phi) is 3.85. The number of aliphatic hydroxyl groups is 1. The van der Waals surface area contributed by atoms with Gasteiger partial charge in [0.15, 0.2) is 5.13 Å². The van der Waals surface area contributed by atoms with Crippen molar-refractivity contribution in [2.24, 2.45) is 5.41 Å². The van der Waals surface area contributed by atoms with Gasteiger partial charge in [-0.3, -0.25) is 10.3 Å². The van der Waals surface area contributed by atoms with Crippen LogP contribution in [0.2, 0.25) is 0 Å². The Balaban J connectivity index is 1.56. The highest BCUT2D eigenvalue weighted by Gasteiger charge is 2.42. The van der Waals surface area contributed by atoms with E-state index in [0.29, 0.717) is 11.7 Å². The van der Waals surface area contributed by atoms with Gasteiger partial charge in [0.05, 0.1) is 12.3 Å². The highest BCUT2D eigenvalue weighted by molar-refractivity contribution is 7.14. The fourth-order valence-corrected chi connectivity index (χ4v) is 2.67. The molecular formula is C14H16N4O2S. The minimum absolute atomic E-state index is 0.0961. The average Bonchev–Trinajstić information content (AvgIpc) is 3.17. The molecule has 0 spiro atoms. The van der Waals surface area contributed by atoms with Crippen LogP contribution in [-0.4, -0.2) is 34.3 Å². The van der Waals surface area contributed by atoms with E-state index in [1.54, 1.807) is 12.4 Å². The molecule has 2 aromatic heterocycles. The van der Waals surface area contributed by atoms with Gasteiger partial charge in [-0.25, -0.2) is 9.78 Å². The third-order valence-electron chi connectivity index (χ3n) is 3.60. The lowest BCUT2D eigenvalue weighted by atomic mass is 10.1. The summed E-state index contributed by atoms with van der Waals surface area (Å²) < 4.78 is 0. The molecule has 0 bridgehead atoms. The topological polar surface area (TPSA) is 87.1 Å². The first-order chi connectivity index (χ1) is 10.2. The number of amides is 2. The zero-order chi connectivity index (χ0) is 14.7. The molecule has 2 heterocycles. The monoisotopic (exact) mass is 304 g/mol. The molecule has 6 nitrogen and oxygen atoms in total. The number of rotatable bonds is 5. The number of thiazole rings is 1. The summed E-state index contributed by atoms with van der Waals surface area (Å²) in [5.41, 5.74) is 1.61. The highest BCUT2D eigenvalue weighted by atomic mass is 32.1. The van der Waals surface area contributed by atoms with E-state index in [4.69, 9.17) is 0 Å². The van der Waals surface area contributed by atoms with Crippen molar-refractivity contribution in [3.05, 3.63) is 29.9 Å². The van der Waals surface area contributed by atoms with Gasteiger partial charge in [-0.15, -0.1) is 11.3 Å². The predicted octanol–water partition coefficient (Wildman–Crippen LogP) is 2.10. The van der Waals surface area contributed by atoms with Gasteiger partial charge in [0.1, 0.15) is 0 Å². The maximum absolute atomic E-state index is 11.8. The van der Waals surface area contributed by atoms with Gasteiger partial charge in [0.25, 0.3) is 0 Å². The minimum atomic E-state index is -0.290. The van der Waals surface area contributed by atoms with Crippen molar-refractivity contribution >= 4 is 22.5 Å². The Hall–Kier alpha value is -1.99. The van der Waals surface area contributed by atoms with Crippen molar-refractivity contribution in [3.63, 3.8) is 0 Å². The van der Waals surface area contributed by atoms with Crippen LogP contribution >= 0.6 is 11.3 Å². The smallest absolute Gasteiger partial charge is 0.321 e. The Morgan fingerprint density at radius 3 is 3.00 bits per heavy atom. The second kappa shape index (κ2) is 5.79. The summed E-state index contributed by atoms with van der Waals surface area (Å²) in [7, 11) is 0. The number of carbonyl (C=O) groups excluding carboxylic acids is 1. The molecule has 0 unspecified atom stereocenters. The van der Waals surface area contributed by atoms with Crippen LogP contribution in [0, 0.1) is 5.41 Å². The predicted molar refractivity (Wildman–Crippen MR) is 81.1 cm³/mol. The van der Waals surface area contributed by atoms with Crippen LogP contribution in [0.1, 0.15) is 12.8 Å². The van der Waals surface area contributed by atoms with E-state index in [1.807, 2.05) is 17.5 Å². The summed E-state index contributed by atoms with van der Waals surface area (Å²) in [5.74, 6) is 0. The summed E-state index contributed by atoms with van der Waals surface area (Å²) in [6.07, 6.45) is 5.37. The summed E-state index contributed by atoms with van der Waals surface area (Å²) in [4.78, 5) is 20.2. The maximum Gasteiger partial charge on any atom is 0.321 e. The molecule has 0 atom stereocenters. The van der Waals surface area contributed by atoms with Gasteiger partial charge >= 0.3 is 6.03 Å². The van der Waals surface area contributed by atoms with E-state index < -0.39 is 0 Å². The number of hydrogen-bond acceptors (Lipinski definition) is 5. The first-order valence-electron chi connectivity index (χ1n) is 6.72. The molecule has 2 amide bonds. The van der Waals surface area contributed by atoms with Gasteiger partial charge in [-0.1, -0.05) is 0 Å². The number of anilines is 1. The molecule has 21 heavy (non-hydrogen) atoms. The van der Waals surface area contributed by atoms with E-state index in [2.05, 4.69) is 20.6 Å². The zero-order valence-electron chi connectivity index (χ0n) is 11.4. The van der Waals surface area contributed by atoms with Gasteiger partial charge in [0.2, 0.25) is 0 Å². The van der Waals surface area contributed by atoms with Crippen LogP contribution in [0.3, 0.4) is 0 Å². The van der Waals surface area contributed by atoms with E-state index >= 15 is 0 Å². The SMILES string of the molecule is O=C(NCC1(CO)CC1)Nc1nc(-c2cccnc2)cs1. The summed E-state index contributed by atoms with van der Waals surface area (Å²) >= 11 is 1.37. The third kappa shape index (κ3) is 3.37. The number of nitrogens with zero attached hydrogens (tertiary/aromatic N) is 2. The second-order valence-electron chi connectivity index (χ2n) is 5.25. The molecule has 3 rings (SSSR count). The molecule has 0 aromatic carbocycles. The highest BCUT2D eigenvalue weighted by Crippen LogP contribution is 2.44. The molecule has 110 valence electrons. The molecule has 1 saturated carbocycles. The third-order valence-corrected chi connectivity index (χ3v) is 4.36. The number of hydrogen-bond donors (Lipinski definition) is 3. The molecular weight excluding hydrogens is 288 g/mol. The van der Waals surface area contributed by atoms with Gasteiger partial charge in [-0.05, 0) is 25.0 Å². The standard InChI is InChI=1S/C14H16N4O2S/c19-9-14(3-4-14)8-16-12(20)18-13-17-11(7-21-13)10-2-1-5-15-6-10/h1-2,5-7,19H,3-4,8-9H2,(H2,16,17,18,20). The Morgan fingerprint density at radius 2 is 2.33 bits per heavy atom. The van der Waals surface area contributed by atoms with Crippen molar-refractivity contribution in [2.75, 3.05) is 18.5 Å². The van der Waals surface area contributed by atoms with E-state index in [0.717, 1.165) is 24.1 Å². The molecule has 1 fully saturated rings. The first-order valence-corrected chi connectivity index (χ1v) is 7.60. The minimum Gasteiger partial charge on any atom is -0.396 e. The lowest BCUT2D eigenvalue weighted by molar-refractivity contribution is 0.206. The molecule has 1 aliphatic rings. The summed E-state index contributed by atoms with van der Waals surface area (Å²) in [6, 6.07) is 3.48. The Bertz CT molecular complexity index is 625. The van der Waals surface area contributed by atoms with Crippen LogP contribution < -0.4 is 10.6 Å². The lowest BCUT2D eigenvalue weighted by Crippen LogP contribution is -2.35. The number of urea groups is 1. The van der Waals surface area contributed by atoms with Crippen molar-refractivity contribution in [2.45, 2.75) is 12.8 Å². The largest absolute Gasteiger partial charge is 0.396 e. The molecule has 7 heteroatoms. The van der Waals surface area contributed by atoms with Crippen LogP contribution in [0.4, 0.5) is 9.93 Å². The fourth-order valence-electron chi connectivity index (χ4n) is 1.95. The molecule has 3 N–H and O–H groups in total. The summed E-state index contributed by atoms with van der Waals surface area (Å²) in [5, 5.41) is 17.1. The molecule has 2 aromatic rings. The van der Waals surface area contributed by atoms with Gasteiger partial charge in [-0.2, -0.15) is 0 Å². The lowest BCUT2D eigenvalue weighted by Gasteiger charge is -2.12. The first kappa shape index (κ1) is 14.0. The van der Waals surface area contributed by atoms with Crippen LogP contribution in [0.5, 0.6) is 0 Å². The number of aliphatic hydroxyl groups excluding tert-OH is 1. The van der Waals surface area contributed by atoms with Crippen molar-refractivity contribution in [1.29, 1.82) is 0 Å². The second-order valence-corrected chi connectivity index (χ2v) is 6.10. The number of carbonyl (C=O) groups is 1. The zero-order valence-corrected chi connectivity index (χ0v) is 12.2. The van der Waals surface area contributed by atoms with E-state index in [1.165, 1.54) is 11.3 Å². The normalized spacial score (nSPS) is 15.5. The molecule has 0 saturated heterocycles.